The first kappa shape index (κ1) is 13.0. The zero-order valence-electron chi connectivity index (χ0n) is 9.93. The number of methoxy groups -OCH3 is 1. The van der Waals surface area contributed by atoms with Crippen LogP contribution in [0.25, 0.3) is 0 Å². The highest BCUT2D eigenvalue weighted by molar-refractivity contribution is 9.10. The Morgan fingerprint density at radius 1 is 1.44 bits per heavy atom. The summed E-state index contributed by atoms with van der Waals surface area (Å²) in [6.45, 7) is 5.67. The number of amides is 1. The van der Waals surface area contributed by atoms with E-state index < -0.39 is 0 Å². The molecule has 1 rings (SSSR count). The predicted octanol–water partition coefficient (Wildman–Crippen LogP) is 3.36. The number of hydrogen-bond acceptors (Lipinski definition) is 2. The molecule has 0 atom stereocenters. The van der Waals surface area contributed by atoms with Crippen LogP contribution in [0.2, 0.25) is 0 Å². The van der Waals surface area contributed by atoms with Crippen LogP contribution >= 0.6 is 15.9 Å². The van der Waals surface area contributed by atoms with Gasteiger partial charge in [-0.3, -0.25) is 4.79 Å². The molecular formula is C12H16BrNO2. The highest BCUT2D eigenvalue weighted by atomic mass is 79.9. The molecule has 0 saturated heterocycles. The van der Waals surface area contributed by atoms with Crippen LogP contribution < -0.4 is 10.1 Å². The summed E-state index contributed by atoms with van der Waals surface area (Å²) in [5, 5.41) is 2.85. The van der Waals surface area contributed by atoms with Gasteiger partial charge in [-0.15, -0.1) is 0 Å². The van der Waals surface area contributed by atoms with Crippen molar-refractivity contribution in [2.75, 3.05) is 12.4 Å². The number of carbonyl (C=O) groups is 1. The minimum Gasteiger partial charge on any atom is -0.496 e. The molecule has 1 aromatic rings. The summed E-state index contributed by atoms with van der Waals surface area (Å²) in [6, 6.07) is 3.74. The molecule has 1 amide bonds. The molecule has 0 heterocycles. The molecule has 1 N–H and O–H groups in total. The van der Waals surface area contributed by atoms with Crippen molar-refractivity contribution in [3.8, 4) is 5.75 Å². The molecule has 88 valence electrons. The zero-order valence-corrected chi connectivity index (χ0v) is 11.5. The largest absolute Gasteiger partial charge is 0.496 e. The molecule has 0 spiro atoms. The third-order valence-corrected chi connectivity index (χ3v) is 2.92. The Balaban J connectivity index is 3.00. The summed E-state index contributed by atoms with van der Waals surface area (Å²) >= 11 is 3.42. The van der Waals surface area contributed by atoms with Crippen LogP contribution in [-0.4, -0.2) is 13.0 Å². The van der Waals surface area contributed by atoms with Gasteiger partial charge in [0.15, 0.2) is 0 Å². The Morgan fingerprint density at radius 2 is 2.06 bits per heavy atom. The highest BCUT2D eigenvalue weighted by Gasteiger charge is 2.11. The second kappa shape index (κ2) is 5.34. The minimum absolute atomic E-state index is 0.00777. The van der Waals surface area contributed by atoms with Crippen LogP contribution in [0.4, 0.5) is 5.69 Å². The van der Waals surface area contributed by atoms with E-state index in [1.165, 1.54) is 0 Å². The Labute approximate surface area is 104 Å². The molecule has 3 nitrogen and oxygen atoms in total. The number of halogens is 1. The summed E-state index contributed by atoms with van der Waals surface area (Å²) in [5.74, 6) is 0.716. The topological polar surface area (TPSA) is 38.3 Å². The molecule has 0 bridgehead atoms. The fourth-order valence-electron chi connectivity index (χ4n) is 1.25. The van der Waals surface area contributed by atoms with E-state index in [-0.39, 0.29) is 11.8 Å². The summed E-state index contributed by atoms with van der Waals surface area (Å²) < 4.78 is 6.07. The molecule has 0 aliphatic heterocycles. The third-order valence-electron chi connectivity index (χ3n) is 2.27. The van der Waals surface area contributed by atoms with E-state index in [0.29, 0.717) is 0 Å². The number of ether oxygens (including phenoxy) is 1. The quantitative estimate of drug-likeness (QED) is 0.925. The number of benzene rings is 1. The van der Waals surface area contributed by atoms with E-state index in [1.54, 1.807) is 7.11 Å². The van der Waals surface area contributed by atoms with Crippen molar-refractivity contribution >= 4 is 27.5 Å². The van der Waals surface area contributed by atoms with Crippen LogP contribution in [0.3, 0.4) is 0 Å². The van der Waals surface area contributed by atoms with Crippen molar-refractivity contribution in [1.29, 1.82) is 0 Å². The smallest absolute Gasteiger partial charge is 0.226 e. The fraction of sp³-hybridized carbons (Fsp3) is 0.417. The summed E-state index contributed by atoms with van der Waals surface area (Å²) in [5.41, 5.74) is 1.76. The van der Waals surface area contributed by atoms with Gasteiger partial charge in [0.25, 0.3) is 0 Å². The Bertz CT molecular complexity index is 402. The molecule has 0 aliphatic rings. The molecule has 1 aromatic carbocycles. The first-order valence-electron chi connectivity index (χ1n) is 5.10. The van der Waals surface area contributed by atoms with Gasteiger partial charge in [-0.1, -0.05) is 13.8 Å². The normalized spacial score (nSPS) is 10.4. The van der Waals surface area contributed by atoms with Crippen LogP contribution in [0.1, 0.15) is 19.4 Å². The maximum atomic E-state index is 11.6. The van der Waals surface area contributed by atoms with Crippen LogP contribution in [0.5, 0.6) is 5.75 Å². The maximum absolute atomic E-state index is 11.6. The standard InChI is InChI=1S/C12H16BrNO2/c1-7(2)12(15)14-10-6-11(16-4)8(3)5-9(10)13/h5-7H,1-4H3,(H,14,15). The number of anilines is 1. The van der Waals surface area contributed by atoms with E-state index in [0.717, 1.165) is 21.5 Å². The number of aryl methyl sites for hydroxylation is 1. The number of rotatable bonds is 3. The van der Waals surface area contributed by atoms with Gasteiger partial charge in [0.2, 0.25) is 5.91 Å². The lowest BCUT2D eigenvalue weighted by atomic mass is 10.1. The van der Waals surface area contributed by atoms with E-state index in [1.807, 2.05) is 32.9 Å². The number of carbonyl (C=O) groups excluding carboxylic acids is 1. The van der Waals surface area contributed by atoms with Gasteiger partial charge in [-0.25, -0.2) is 0 Å². The monoisotopic (exact) mass is 285 g/mol. The van der Waals surface area contributed by atoms with Gasteiger partial charge >= 0.3 is 0 Å². The van der Waals surface area contributed by atoms with Crippen molar-refractivity contribution in [1.82, 2.24) is 0 Å². The second-order valence-corrected chi connectivity index (χ2v) is 4.80. The molecule has 0 saturated carbocycles. The lowest BCUT2D eigenvalue weighted by Gasteiger charge is -2.12. The predicted molar refractivity (Wildman–Crippen MR) is 68.9 cm³/mol. The minimum atomic E-state index is -0.0424. The molecule has 0 fully saturated rings. The van der Waals surface area contributed by atoms with Gasteiger partial charge < -0.3 is 10.1 Å². The van der Waals surface area contributed by atoms with Crippen molar-refractivity contribution in [2.45, 2.75) is 20.8 Å². The first-order chi connectivity index (χ1) is 7.45. The Morgan fingerprint density at radius 3 is 2.56 bits per heavy atom. The molecule has 0 radical (unpaired) electrons. The molecule has 0 aromatic heterocycles. The van der Waals surface area contributed by atoms with Gasteiger partial charge in [-0.05, 0) is 34.5 Å². The van der Waals surface area contributed by atoms with E-state index in [9.17, 15) is 4.79 Å². The molecular weight excluding hydrogens is 270 g/mol. The average Bonchev–Trinajstić information content (AvgIpc) is 2.21. The van der Waals surface area contributed by atoms with Gasteiger partial charge in [0.05, 0.1) is 12.8 Å². The van der Waals surface area contributed by atoms with E-state index >= 15 is 0 Å². The van der Waals surface area contributed by atoms with Crippen molar-refractivity contribution in [3.05, 3.63) is 22.2 Å². The number of nitrogens with one attached hydrogen (secondary N) is 1. The lowest BCUT2D eigenvalue weighted by Crippen LogP contribution is -2.18. The SMILES string of the molecule is COc1cc(NC(=O)C(C)C)c(Br)cc1C. The van der Waals surface area contributed by atoms with Gasteiger partial charge in [0, 0.05) is 16.5 Å². The van der Waals surface area contributed by atoms with Crippen molar-refractivity contribution in [3.63, 3.8) is 0 Å². The molecule has 0 unspecified atom stereocenters. The van der Waals surface area contributed by atoms with Crippen molar-refractivity contribution in [2.24, 2.45) is 5.92 Å². The third kappa shape index (κ3) is 2.98. The summed E-state index contributed by atoms with van der Waals surface area (Å²) in [7, 11) is 1.62. The first-order valence-corrected chi connectivity index (χ1v) is 5.90. The van der Waals surface area contributed by atoms with E-state index in [4.69, 9.17) is 4.74 Å². The Hall–Kier alpha value is -1.03. The number of hydrogen-bond donors (Lipinski definition) is 1. The molecule has 0 aliphatic carbocycles. The Kier molecular flexibility index (Phi) is 4.35. The van der Waals surface area contributed by atoms with E-state index in [2.05, 4.69) is 21.2 Å². The van der Waals surface area contributed by atoms with Crippen LogP contribution in [0.15, 0.2) is 16.6 Å². The zero-order chi connectivity index (χ0) is 12.3. The molecule has 4 heteroatoms. The van der Waals surface area contributed by atoms with Gasteiger partial charge in [0.1, 0.15) is 5.75 Å². The van der Waals surface area contributed by atoms with Crippen LogP contribution in [0, 0.1) is 12.8 Å². The highest BCUT2D eigenvalue weighted by Crippen LogP contribution is 2.30. The molecule has 16 heavy (non-hydrogen) atoms. The maximum Gasteiger partial charge on any atom is 0.226 e. The summed E-state index contributed by atoms with van der Waals surface area (Å²) in [4.78, 5) is 11.6. The summed E-state index contributed by atoms with van der Waals surface area (Å²) in [6.07, 6.45) is 0. The van der Waals surface area contributed by atoms with Gasteiger partial charge in [-0.2, -0.15) is 0 Å². The lowest BCUT2D eigenvalue weighted by molar-refractivity contribution is -0.118. The second-order valence-electron chi connectivity index (χ2n) is 3.95. The van der Waals surface area contributed by atoms with Crippen LogP contribution in [-0.2, 0) is 4.79 Å². The van der Waals surface area contributed by atoms with Crippen molar-refractivity contribution < 1.29 is 9.53 Å². The fourth-order valence-corrected chi connectivity index (χ4v) is 1.80. The average molecular weight is 286 g/mol.